The van der Waals surface area contributed by atoms with Crippen molar-refractivity contribution in [3.63, 3.8) is 0 Å². The van der Waals surface area contributed by atoms with E-state index in [1.807, 2.05) is 42.5 Å². The lowest BCUT2D eigenvalue weighted by Crippen LogP contribution is -2.09. The van der Waals surface area contributed by atoms with Crippen molar-refractivity contribution in [2.45, 2.75) is 26.3 Å². The van der Waals surface area contributed by atoms with E-state index in [1.54, 1.807) is 17.0 Å². The van der Waals surface area contributed by atoms with Crippen LogP contribution in [0.2, 0.25) is 5.02 Å². The van der Waals surface area contributed by atoms with Gasteiger partial charge in [-0.1, -0.05) is 80.0 Å². The second kappa shape index (κ2) is 8.69. The van der Waals surface area contributed by atoms with Crippen molar-refractivity contribution in [3.8, 4) is 0 Å². The number of nitrogens with one attached hydrogen (secondary N) is 1. The van der Waals surface area contributed by atoms with Crippen LogP contribution in [0.3, 0.4) is 0 Å². The summed E-state index contributed by atoms with van der Waals surface area (Å²) in [4.78, 5) is 12.2. The third-order valence-corrected chi connectivity index (χ3v) is 4.45. The molecule has 0 aliphatic rings. The average Bonchev–Trinajstić information content (AvgIpc) is 3.00. The number of benzene rings is 2. The molecule has 3 aromatic rings. The maximum absolute atomic E-state index is 12.2. The summed E-state index contributed by atoms with van der Waals surface area (Å²) in [6, 6.07) is 18.1. The van der Waals surface area contributed by atoms with E-state index < -0.39 is 0 Å². The summed E-state index contributed by atoms with van der Waals surface area (Å²) < 4.78 is 1.71. The first-order valence-electron chi connectivity index (χ1n) is 8.87. The van der Waals surface area contributed by atoms with Crippen molar-refractivity contribution >= 4 is 29.4 Å². The first kappa shape index (κ1) is 18.9. The van der Waals surface area contributed by atoms with Crippen LogP contribution < -0.4 is 5.32 Å². The summed E-state index contributed by atoms with van der Waals surface area (Å²) in [5.74, 6) is 0.576. The molecule has 0 aliphatic heterocycles. The van der Waals surface area contributed by atoms with Crippen molar-refractivity contribution in [1.29, 1.82) is 0 Å². The molecule has 4 nitrogen and oxygen atoms in total. The van der Waals surface area contributed by atoms with Gasteiger partial charge in [0.15, 0.2) is 5.82 Å². The lowest BCUT2D eigenvalue weighted by Gasteiger charge is -2.04. The molecule has 1 amide bonds. The zero-order valence-electron chi connectivity index (χ0n) is 15.4. The number of hydrogen-bond acceptors (Lipinski definition) is 2. The highest BCUT2D eigenvalue weighted by Crippen LogP contribution is 2.20. The van der Waals surface area contributed by atoms with Gasteiger partial charge in [-0.15, -0.1) is 0 Å². The van der Waals surface area contributed by atoms with Crippen molar-refractivity contribution in [2.75, 3.05) is 5.32 Å². The number of carbonyl (C=O) groups is 1. The summed E-state index contributed by atoms with van der Waals surface area (Å²) in [6.07, 6.45) is 4.96. The van der Waals surface area contributed by atoms with Crippen molar-refractivity contribution < 1.29 is 4.79 Å². The fourth-order valence-electron chi connectivity index (χ4n) is 2.66. The number of rotatable bonds is 6. The van der Waals surface area contributed by atoms with Gasteiger partial charge in [-0.05, 0) is 28.7 Å². The predicted molar refractivity (Wildman–Crippen MR) is 111 cm³/mol. The number of carbonyl (C=O) groups excluding carboxylic acids is 1. The molecule has 0 unspecified atom stereocenters. The van der Waals surface area contributed by atoms with Gasteiger partial charge in [0, 0.05) is 12.3 Å². The first-order chi connectivity index (χ1) is 13.0. The minimum atomic E-state index is -0.269. The molecule has 27 heavy (non-hydrogen) atoms. The summed E-state index contributed by atoms with van der Waals surface area (Å²) in [5.41, 5.74) is 3.35. The lowest BCUT2D eigenvalue weighted by molar-refractivity contribution is -0.111. The highest BCUT2D eigenvalue weighted by molar-refractivity contribution is 6.33. The minimum Gasteiger partial charge on any atom is -0.304 e. The van der Waals surface area contributed by atoms with E-state index in [0.29, 0.717) is 23.3 Å². The molecule has 0 saturated carbocycles. The van der Waals surface area contributed by atoms with Crippen molar-refractivity contribution in [3.05, 3.63) is 88.6 Å². The standard InChI is InChI=1S/C22H22ClN3O/c1-16(2)19-11-8-17(9-12-19)10-13-21(27)24-22-20(23)15-26(25-22)14-18-6-4-3-5-7-18/h3-13,15-16H,14H2,1-2H3,(H,24,25,27)/b13-10+. The number of nitrogens with zero attached hydrogens (tertiary/aromatic N) is 2. The molecule has 1 heterocycles. The van der Waals surface area contributed by atoms with Crippen molar-refractivity contribution in [2.24, 2.45) is 0 Å². The normalized spacial score (nSPS) is 11.3. The zero-order valence-corrected chi connectivity index (χ0v) is 16.1. The van der Waals surface area contributed by atoms with Crippen LogP contribution in [-0.4, -0.2) is 15.7 Å². The number of hydrogen-bond donors (Lipinski definition) is 1. The molecule has 1 aromatic heterocycles. The molecular weight excluding hydrogens is 358 g/mol. The summed E-state index contributed by atoms with van der Waals surface area (Å²) >= 11 is 6.20. The fourth-order valence-corrected chi connectivity index (χ4v) is 2.85. The van der Waals surface area contributed by atoms with Crippen LogP contribution in [0.15, 0.2) is 66.9 Å². The molecule has 0 spiro atoms. The van der Waals surface area contributed by atoms with Gasteiger partial charge in [0.1, 0.15) is 5.02 Å². The predicted octanol–water partition coefficient (Wildman–Crippen LogP) is 5.36. The van der Waals surface area contributed by atoms with Crippen LogP contribution in [0.4, 0.5) is 5.82 Å². The third-order valence-electron chi connectivity index (χ3n) is 4.18. The van der Waals surface area contributed by atoms with Crippen LogP contribution in [0.5, 0.6) is 0 Å². The third kappa shape index (κ3) is 5.31. The minimum absolute atomic E-state index is 0.269. The van der Waals surface area contributed by atoms with Gasteiger partial charge in [-0.25, -0.2) is 0 Å². The van der Waals surface area contributed by atoms with E-state index in [0.717, 1.165) is 11.1 Å². The molecule has 2 aromatic carbocycles. The molecule has 0 atom stereocenters. The van der Waals surface area contributed by atoms with E-state index in [4.69, 9.17) is 11.6 Å². The molecule has 0 saturated heterocycles. The van der Waals surface area contributed by atoms with Gasteiger partial charge in [0.2, 0.25) is 5.91 Å². The second-order valence-corrected chi connectivity index (χ2v) is 7.06. The Bertz CT molecular complexity index is 928. The Morgan fingerprint density at radius 2 is 1.85 bits per heavy atom. The molecule has 0 aliphatic carbocycles. The lowest BCUT2D eigenvalue weighted by atomic mass is 10.0. The fraction of sp³-hybridized carbons (Fsp3) is 0.182. The Morgan fingerprint density at radius 3 is 2.52 bits per heavy atom. The molecule has 0 fully saturated rings. The molecule has 138 valence electrons. The number of aromatic nitrogens is 2. The molecule has 0 radical (unpaired) electrons. The van der Waals surface area contributed by atoms with E-state index in [9.17, 15) is 4.79 Å². The number of amides is 1. The SMILES string of the molecule is CC(C)c1ccc(/C=C/C(=O)Nc2nn(Cc3ccccc3)cc2Cl)cc1. The Hall–Kier alpha value is -2.85. The van der Waals surface area contributed by atoms with Crippen molar-refractivity contribution in [1.82, 2.24) is 9.78 Å². The monoisotopic (exact) mass is 379 g/mol. The maximum Gasteiger partial charge on any atom is 0.249 e. The Kier molecular flexibility index (Phi) is 6.09. The van der Waals surface area contributed by atoms with Gasteiger partial charge in [-0.2, -0.15) is 5.10 Å². The molecule has 5 heteroatoms. The molecular formula is C22H22ClN3O. The Balaban J connectivity index is 1.62. The number of halogens is 1. The smallest absolute Gasteiger partial charge is 0.249 e. The Morgan fingerprint density at radius 1 is 1.15 bits per heavy atom. The van der Waals surface area contributed by atoms with E-state index in [1.165, 1.54) is 11.6 Å². The summed E-state index contributed by atoms with van der Waals surface area (Å²) in [6.45, 7) is 4.90. The highest BCUT2D eigenvalue weighted by Gasteiger charge is 2.09. The summed E-state index contributed by atoms with van der Waals surface area (Å²) in [7, 11) is 0. The van der Waals surface area contributed by atoms with Gasteiger partial charge in [0.25, 0.3) is 0 Å². The molecule has 3 rings (SSSR count). The van der Waals surface area contributed by atoms with Crippen LogP contribution in [0.1, 0.15) is 36.5 Å². The van der Waals surface area contributed by atoms with Gasteiger partial charge in [0.05, 0.1) is 6.54 Å². The van der Waals surface area contributed by atoms with Gasteiger partial charge < -0.3 is 5.32 Å². The molecule has 1 N–H and O–H groups in total. The van der Waals surface area contributed by atoms with Crippen LogP contribution in [-0.2, 0) is 11.3 Å². The first-order valence-corrected chi connectivity index (χ1v) is 9.25. The van der Waals surface area contributed by atoms with Crippen LogP contribution >= 0.6 is 11.6 Å². The zero-order chi connectivity index (χ0) is 19.2. The number of anilines is 1. The summed E-state index contributed by atoms with van der Waals surface area (Å²) in [5, 5.41) is 7.49. The van der Waals surface area contributed by atoms with Gasteiger partial charge >= 0.3 is 0 Å². The van der Waals surface area contributed by atoms with Crippen LogP contribution in [0.25, 0.3) is 6.08 Å². The average molecular weight is 380 g/mol. The largest absolute Gasteiger partial charge is 0.304 e. The van der Waals surface area contributed by atoms with E-state index >= 15 is 0 Å². The highest BCUT2D eigenvalue weighted by atomic mass is 35.5. The topological polar surface area (TPSA) is 46.9 Å². The Labute approximate surface area is 164 Å². The molecule has 0 bridgehead atoms. The second-order valence-electron chi connectivity index (χ2n) is 6.65. The van der Waals surface area contributed by atoms with E-state index in [2.05, 4.69) is 36.4 Å². The quantitative estimate of drug-likeness (QED) is 0.586. The van der Waals surface area contributed by atoms with Crippen LogP contribution in [0, 0.1) is 0 Å². The van der Waals surface area contributed by atoms with Gasteiger partial charge in [-0.3, -0.25) is 9.48 Å². The van der Waals surface area contributed by atoms with E-state index in [-0.39, 0.29) is 5.91 Å². The maximum atomic E-state index is 12.2.